The lowest BCUT2D eigenvalue weighted by atomic mass is 10.2. The minimum Gasteiger partial charge on any atom is -0.398 e. The van der Waals surface area contributed by atoms with E-state index >= 15 is 0 Å². The van der Waals surface area contributed by atoms with Crippen LogP contribution in [0, 0.1) is 0 Å². The summed E-state index contributed by atoms with van der Waals surface area (Å²) in [7, 11) is 2.11. The molecule has 1 aromatic carbocycles. The molecule has 0 aliphatic heterocycles. The predicted molar refractivity (Wildman–Crippen MR) is 65.2 cm³/mol. The fraction of sp³-hybridized carbons (Fsp3) is 0.455. The molecular formula is C11H17BrN2. The largest absolute Gasteiger partial charge is 0.398 e. The van der Waals surface area contributed by atoms with Gasteiger partial charge in [-0.25, -0.2) is 0 Å². The second-order valence-corrected chi connectivity index (χ2v) is 4.62. The summed E-state index contributed by atoms with van der Waals surface area (Å²) in [5.74, 6) is 0. The van der Waals surface area contributed by atoms with E-state index in [0.29, 0.717) is 6.04 Å². The van der Waals surface area contributed by atoms with Crippen molar-refractivity contribution in [3.8, 4) is 0 Å². The number of nitrogens with two attached hydrogens (primary N) is 1. The average molecular weight is 257 g/mol. The maximum absolute atomic E-state index is 5.81. The summed E-state index contributed by atoms with van der Waals surface area (Å²) in [6.07, 6.45) is 0. The molecule has 0 saturated heterocycles. The van der Waals surface area contributed by atoms with Crippen molar-refractivity contribution in [2.75, 3.05) is 12.8 Å². The first-order valence-electron chi connectivity index (χ1n) is 4.75. The first-order valence-corrected chi connectivity index (χ1v) is 5.54. The topological polar surface area (TPSA) is 29.3 Å². The summed E-state index contributed by atoms with van der Waals surface area (Å²) in [6, 6.07) is 6.54. The molecule has 0 atom stereocenters. The number of anilines is 1. The van der Waals surface area contributed by atoms with Gasteiger partial charge in [-0.15, -0.1) is 0 Å². The molecule has 0 amide bonds. The molecule has 0 radical (unpaired) electrons. The van der Waals surface area contributed by atoms with E-state index in [-0.39, 0.29) is 0 Å². The standard InChI is InChI=1S/C11H17BrN2/c1-8(2)14(3)7-9-5-4-6-10(13)11(9)12/h4-6,8H,7,13H2,1-3H3. The second-order valence-electron chi connectivity index (χ2n) is 3.83. The molecule has 0 unspecified atom stereocenters. The van der Waals surface area contributed by atoms with Crippen LogP contribution in [-0.4, -0.2) is 18.0 Å². The number of rotatable bonds is 3. The minimum absolute atomic E-state index is 0.545. The quantitative estimate of drug-likeness (QED) is 0.843. The monoisotopic (exact) mass is 256 g/mol. The molecular weight excluding hydrogens is 240 g/mol. The molecule has 78 valence electrons. The Morgan fingerprint density at radius 2 is 2.07 bits per heavy atom. The van der Waals surface area contributed by atoms with Gasteiger partial charge in [0.05, 0.1) is 0 Å². The Morgan fingerprint density at radius 3 is 2.64 bits per heavy atom. The maximum atomic E-state index is 5.81. The molecule has 0 heterocycles. The maximum Gasteiger partial charge on any atom is 0.0461 e. The van der Waals surface area contributed by atoms with Gasteiger partial charge in [0.2, 0.25) is 0 Å². The molecule has 0 aliphatic carbocycles. The van der Waals surface area contributed by atoms with Gasteiger partial charge < -0.3 is 5.73 Å². The van der Waals surface area contributed by atoms with E-state index in [1.807, 2.05) is 12.1 Å². The molecule has 0 spiro atoms. The molecule has 2 N–H and O–H groups in total. The first-order chi connectivity index (χ1) is 6.52. The highest BCUT2D eigenvalue weighted by atomic mass is 79.9. The van der Waals surface area contributed by atoms with Gasteiger partial charge in [0.25, 0.3) is 0 Å². The molecule has 1 aromatic rings. The van der Waals surface area contributed by atoms with Gasteiger partial charge in [-0.05, 0) is 48.5 Å². The van der Waals surface area contributed by atoms with Gasteiger partial charge >= 0.3 is 0 Å². The zero-order valence-corrected chi connectivity index (χ0v) is 10.5. The van der Waals surface area contributed by atoms with Crippen LogP contribution in [0.5, 0.6) is 0 Å². The first kappa shape index (κ1) is 11.5. The van der Waals surface area contributed by atoms with Crippen LogP contribution in [-0.2, 0) is 6.54 Å². The van der Waals surface area contributed by atoms with Crippen molar-refractivity contribution < 1.29 is 0 Å². The molecule has 2 nitrogen and oxygen atoms in total. The van der Waals surface area contributed by atoms with Crippen LogP contribution < -0.4 is 5.73 Å². The summed E-state index contributed by atoms with van der Waals surface area (Å²) < 4.78 is 1.02. The molecule has 0 fully saturated rings. The molecule has 0 bridgehead atoms. The smallest absolute Gasteiger partial charge is 0.0461 e. The van der Waals surface area contributed by atoms with Crippen molar-refractivity contribution in [1.82, 2.24) is 4.90 Å². The number of nitrogen functional groups attached to an aromatic ring is 1. The number of nitrogens with zero attached hydrogens (tertiary/aromatic N) is 1. The normalized spacial score (nSPS) is 11.3. The van der Waals surface area contributed by atoms with E-state index in [1.165, 1.54) is 5.56 Å². The molecule has 14 heavy (non-hydrogen) atoms. The number of hydrogen-bond acceptors (Lipinski definition) is 2. The Kier molecular flexibility index (Phi) is 3.96. The lowest BCUT2D eigenvalue weighted by molar-refractivity contribution is 0.265. The van der Waals surface area contributed by atoms with Crippen LogP contribution >= 0.6 is 15.9 Å². The number of benzene rings is 1. The van der Waals surface area contributed by atoms with Gasteiger partial charge in [-0.2, -0.15) is 0 Å². The van der Waals surface area contributed by atoms with E-state index in [9.17, 15) is 0 Å². The molecule has 0 aliphatic rings. The minimum atomic E-state index is 0.545. The van der Waals surface area contributed by atoms with Crippen molar-refractivity contribution in [3.05, 3.63) is 28.2 Å². The Bertz CT molecular complexity index is 310. The van der Waals surface area contributed by atoms with Crippen molar-refractivity contribution in [2.24, 2.45) is 0 Å². The molecule has 1 rings (SSSR count). The fourth-order valence-corrected chi connectivity index (χ4v) is 1.56. The summed E-state index contributed by atoms with van der Waals surface area (Å²) >= 11 is 3.51. The molecule has 0 aromatic heterocycles. The Labute approximate surface area is 94.2 Å². The summed E-state index contributed by atoms with van der Waals surface area (Å²) in [6.45, 7) is 5.28. The molecule has 3 heteroatoms. The third-order valence-electron chi connectivity index (χ3n) is 2.41. The Balaban J connectivity index is 2.82. The SMILES string of the molecule is CC(C)N(C)Cc1cccc(N)c1Br. The van der Waals surface area contributed by atoms with Crippen LogP contribution in [0.15, 0.2) is 22.7 Å². The van der Waals surface area contributed by atoms with Crippen LogP contribution in [0.25, 0.3) is 0 Å². The van der Waals surface area contributed by atoms with Crippen LogP contribution in [0.3, 0.4) is 0 Å². The Hall–Kier alpha value is -0.540. The van der Waals surface area contributed by atoms with E-state index in [1.54, 1.807) is 0 Å². The average Bonchev–Trinajstić information content (AvgIpc) is 2.12. The van der Waals surface area contributed by atoms with E-state index < -0.39 is 0 Å². The Morgan fingerprint density at radius 1 is 1.43 bits per heavy atom. The van der Waals surface area contributed by atoms with Crippen molar-refractivity contribution in [1.29, 1.82) is 0 Å². The third kappa shape index (κ3) is 2.72. The summed E-state index contributed by atoms with van der Waals surface area (Å²) in [5.41, 5.74) is 7.85. The lowest BCUT2D eigenvalue weighted by Gasteiger charge is -2.21. The van der Waals surface area contributed by atoms with Crippen molar-refractivity contribution in [2.45, 2.75) is 26.4 Å². The van der Waals surface area contributed by atoms with Crippen molar-refractivity contribution in [3.63, 3.8) is 0 Å². The van der Waals surface area contributed by atoms with E-state index in [4.69, 9.17) is 5.73 Å². The highest BCUT2D eigenvalue weighted by Gasteiger charge is 2.08. The lowest BCUT2D eigenvalue weighted by Crippen LogP contribution is -2.25. The highest BCUT2D eigenvalue weighted by molar-refractivity contribution is 9.10. The number of halogens is 1. The number of hydrogen-bond donors (Lipinski definition) is 1. The zero-order valence-electron chi connectivity index (χ0n) is 8.92. The fourth-order valence-electron chi connectivity index (χ4n) is 1.17. The van der Waals surface area contributed by atoms with E-state index in [0.717, 1.165) is 16.7 Å². The van der Waals surface area contributed by atoms with Gasteiger partial charge in [0, 0.05) is 22.7 Å². The van der Waals surface area contributed by atoms with E-state index in [2.05, 4.69) is 47.8 Å². The van der Waals surface area contributed by atoms with Crippen LogP contribution in [0.1, 0.15) is 19.4 Å². The second kappa shape index (κ2) is 4.80. The van der Waals surface area contributed by atoms with Gasteiger partial charge in [0.15, 0.2) is 0 Å². The molecule has 0 saturated carbocycles. The zero-order chi connectivity index (χ0) is 10.7. The van der Waals surface area contributed by atoms with Crippen molar-refractivity contribution >= 4 is 21.6 Å². The van der Waals surface area contributed by atoms with Gasteiger partial charge in [0.1, 0.15) is 0 Å². The van der Waals surface area contributed by atoms with Crippen LogP contribution in [0.2, 0.25) is 0 Å². The summed E-state index contributed by atoms with van der Waals surface area (Å²) in [5, 5.41) is 0. The predicted octanol–water partition coefficient (Wildman–Crippen LogP) is 2.87. The summed E-state index contributed by atoms with van der Waals surface area (Å²) in [4.78, 5) is 2.28. The van der Waals surface area contributed by atoms with Gasteiger partial charge in [-0.3, -0.25) is 4.90 Å². The third-order valence-corrected chi connectivity index (χ3v) is 3.38. The highest BCUT2D eigenvalue weighted by Crippen LogP contribution is 2.24. The van der Waals surface area contributed by atoms with Crippen LogP contribution in [0.4, 0.5) is 5.69 Å². The van der Waals surface area contributed by atoms with Gasteiger partial charge in [-0.1, -0.05) is 12.1 Å².